The van der Waals surface area contributed by atoms with Crippen molar-refractivity contribution in [2.24, 2.45) is 0 Å². The Morgan fingerprint density at radius 2 is 1.67 bits per heavy atom. The van der Waals surface area contributed by atoms with Gasteiger partial charge in [-0.3, -0.25) is 0 Å². The summed E-state index contributed by atoms with van der Waals surface area (Å²) in [4.78, 5) is 0. The molecule has 0 aliphatic rings. The molecule has 2 heteroatoms. The second-order valence-corrected chi connectivity index (χ2v) is 1.89. The Morgan fingerprint density at radius 1 is 1.11 bits per heavy atom. The van der Waals surface area contributed by atoms with E-state index in [2.05, 4.69) is 0 Å². The molecule has 0 N–H and O–H groups in total. The molecule has 0 aliphatic carbocycles. The summed E-state index contributed by atoms with van der Waals surface area (Å²) in [5.41, 5.74) is 1.18. The van der Waals surface area contributed by atoms with Crippen molar-refractivity contribution in [1.82, 2.24) is 0 Å². The predicted octanol–water partition coefficient (Wildman–Crippen LogP) is 2.04. The van der Waals surface area contributed by atoms with Gasteiger partial charge in [0, 0.05) is 5.88 Å². The van der Waals surface area contributed by atoms with Crippen LogP contribution in [0.25, 0.3) is 0 Å². The molecule has 0 fully saturated rings. The minimum absolute atomic E-state index is 0. The molecule has 1 aromatic carbocycles. The molecule has 0 heterocycles. The fourth-order valence-electron chi connectivity index (χ4n) is 0.567. The molecule has 42 valence electrons. The number of rotatable bonds is 1. The normalized spacial score (nSPS) is 8.11. The number of benzene rings is 1. The first kappa shape index (κ1) is 9.28. The van der Waals surface area contributed by atoms with E-state index in [-0.39, 0.29) is 23.1 Å². The van der Waals surface area contributed by atoms with Crippen molar-refractivity contribution in [1.29, 1.82) is 0 Å². The fourth-order valence-corrected chi connectivity index (χ4v) is 0.745. The molecule has 0 saturated carbocycles. The minimum Gasteiger partial charge on any atom is -0.122 e. The molecule has 0 aromatic heterocycles. The third-order valence-electron chi connectivity index (χ3n) is 0.997. The average molecular weight is 151 g/mol. The van der Waals surface area contributed by atoms with Crippen LogP contribution in [0, 0.1) is 0 Å². The van der Waals surface area contributed by atoms with E-state index in [9.17, 15) is 0 Å². The van der Waals surface area contributed by atoms with Gasteiger partial charge in [0.2, 0.25) is 0 Å². The molecule has 1 aromatic rings. The Hall–Kier alpha value is 0.276. The van der Waals surface area contributed by atoms with Crippen molar-refractivity contribution in [3.63, 3.8) is 0 Å². The van der Waals surface area contributed by atoms with Gasteiger partial charge in [-0.15, -0.1) is 11.6 Å². The van der Waals surface area contributed by atoms with Crippen LogP contribution >= 0.6 is 11.6 Å². The fraction of sp³-hybridized carbons (Fsp3) is 0.143. The van der Waals surface area contributed by atoms with Crippen molar-refractivity contribution in [3.8, 4) is 0 Å². The summed E-state index contributed by atoms with van der Waals surface area (Å²) in [5, 5.41) is 0. The third-order valence-corrected chi connectivity index (χ3v) is 1.31. The standard InChI is InChI=1S/C7H7Cl.Mg/c8-6-7-4-2-1-3-5-7;/h1-5H,6H2;/q;+2. The summed E-state index contributed by atoms with van der Waals surface area (Å²) in [7, 11) is 0. The molecule has 0 aliphatic heterocycles. The van der Waals surface area contributed by atoms with Crippen molar-refractivity contribution in [3.05, 3.63) is 35.9 Å². The van der Waals surface area contributed by atoms with E-state index < -0.39 is 0 Å². The molecule has 0 amide bonds. The Morgan fingerprint density at radius 3 is 2.00 bits per heavy atom. The monoisotopic (exact) mass is 150 g/mol. The molecule has 0 nitrogen and oxygen atoms in total. The number of halogens is 1. The summed E-state index contributed by atoms with van der Waals surface area (Å²) in [5.74, 6) is 0.612. The maximum Gasteiger partial charge on any atom is 2.00 e. The van der Waals surface area contributed by atoms with Crippen LogP contribution < -0.4 is 0 Å². The van der Waals surface area contributed by atoms with E-state index >= 15 is 0 Å². The molecular weight excluding hydrogens is 144 g/mol. The molecule has 9 heavy (non-hydrogen) atoms. The van der Waals surface area contributed by atoms with Gasteiger partial charge in [0.25, 0.3) is 0 Å². The van der Waals surface area contributed by atoms with E-state index in [0.29, 0.717) is 5.88 Å². The molecular formula is C7H7ClMg+2. The number of alkyl halides is 1. The van der Waals surface area contributed by atoms with E-state index in [1.165, 1.54) is 5.56 Å². The van der Waals surface area contributed by atoms with E-state index in [1.807, 2.05) is 30.3 Å². The van der Waals surface area contributed by atoms with Gasteiger partial charge in [-0.2, -0.15) is 0 Å². The molecule has 0 bridgehead atoms. The quantitative estimate of drug-likeness (QED) is 0.425. The predicted molar refractivity (Wildman–Crippen MR) is 41.8 cm³/mol. The van der Waals surface area contributed by atoms with Crippen molar-refractivity contribution >= 4 is 34.7 Å². The molecule has 0 atom stereocenters. The average Bonchev–Trinajstić information content (AvgIpc) is 1.90. The van der Waals surface area contributed by atoms with Gasteiger partial charge >= 0.3 is 23.1 Å². The Labute approximate surface area is 76.4 Å². The van der Waals surface area contributed by atoms with E-state index in [1.54, 1.807) is 0 Å². The first-order chi connectivity index (χ1) is 3.93. The van der Waals surface area contributed by atoms with Gasteiger partial charge < -0.3 is 0 Å². The summed E-state index contributed by atoms with van der Waals surface area (Å²) < 4.78 is 0. The van der Waals surface area contributed by atoms with Crippen LogP contribution in [0.2, 0.25) is 0 Å². The largest absolute Gasteiger partial charge is 2.00 e. The zero-order chi connectivity index (χ0) is 5.82. The van der Waals surface area contributed by atoms with Crippen LogP contribution in [0.5, 0.6) is 0 Å². The number of hydrogen-bond acceptors (Lipinski definition) is 0. The summed E-state index contributed by atoms with van der Waals surface area (Å²) in [6, 6.07) is 9.96. The molecule has 0 spiro atoms. The zero-order valence-corrected chi connectivity index (χ0v) is 7.35. The SMILES string of the molecule is ClCc1ccccc1.[Mg+2]. The second-order valence-electron chi connectivity index (χ2n) is 1.62. The maximum atomic E-state index is 5.53. The Kier molecular flexibility index (Phi) is 5.25. The topological polar surface area (TPSA) is 0 Å². The van der Waals surface area contributed by atoms with Crippen molar-refractivity contribution in [2.75, 3.05) is 0 Å². The Balaban J connectivity index is 0.000000640. The minimum atomic E-state index is 0. The van der Waals surface area contributed by atoms with Gasteiger partial charge in [-0.05, 0) is 5.56 Å². The van der Waals surface area contributed by atoms with E-state index in [0.717, 1.165) is 0 Å². The van der Waals surface area contributed by atoms with Gasteiger partial charge in [0.05, 0.1) is 0 Å². The first-order valence-electron chi connectivity index (χ1n) is 2.53. The van der Waals surface area contributed by atoms with E-state index in [4.69, 9.17) is 11.6 Å². The van der Waals surface area contributed by atoms with Crippen molar-refractivity contribution in [2.45, 2.75) is 5.88 Å². The summed E-state index contributed by atoms with van der Waals surface area (Å²) >= 11 is 5.53. The van der Waals surface area contributed by atoms with Crippen molar-refractivity contribution < 1.29 is 0 Å². The van der Waals surface area contributed by atoms with Crippen LogP contribution in [-0.4, -0.2) is 23.1 Å². The molecule has 0 unspecified atom stereocenters. The molecule has 0 saturated heterocycles. The first-order valence-corrected chi connectivity index (χ1v) is 3.07. The van der Waals surface area contributed by atoms with Gasteiger partial charge in [0.15, 0.2) is 0 Å². The van der Waals surface area contributed by atoms with Crippen LogP contribution in [-0.2, 0) is 5.88 Å². The summed E-state index contributed by atoms with van der Waals surface area (Å²) in [6.45, 7) is 0. The third kappa shape index (κ3) is 3.09. The summed E-state index contributed by atoms with van der Waals surface area (Å²) in [6.07, 6.45) is 0. The van der Waals surface area contributed by atoms with Crippen LogP contribution in [0.4, 0.5) is 0 Å². The van der Waals surface area contributed by atoms with Gasteiger partial charge in [0.1, 0.15) is 0 Å². The number of hydrogen-bond donors (Lipinski definition) is 0. The Bertz CT molecular complexity index is 150. The van der Waals surface area contributed by atoms with Gasteiger partial charge in [-0.1, -0.05) is 30.3 Å². The smallest absolute Gasteiger partial charge is 0.122 e. The molecule has 0 radical (unpaired) electrons. The van der Waals surface area contributed by atoms with Gasteiger partial charge in [-0.25, -0.2) is 0 Å². The maximum absolute atomic E-state index is 5.53. The molecule has 1 rings (SSSR count). The van der Waals surface area contributed by atoms with Crippen LogP contribution in [0.1, 0.15) is 5.56 Å². The zero-order valence-electron chi connectivity index (χ0n) is 5.18. The van der Waals surface area contributed by atoms with Crippen LogP contribution in [0.3, 0.4) is 0 Å². The van der Waals surface area contributed by atoms with Crippen LogP contribution in [0.15, 0.2) is 30.3 Å². The second kappa shape index (κ2) is 5.09.